The largest absolute Gasteiger partial charge is 1.00 e. The third kappa shape index (κ3) is 1.55. The summed E-state index contributed by atoms with van der Waals surface area (Å²) in [6, 6.07) is 12.2. The zero-order valence-corrected chi connectivity index (χ0v) is 12.7. The highest BCUT2D eigenvalue weighted by Gasteiger charge is 2.23. The zero-order chi connectivity index (χ0) is 12.3. The van der Waals surface area contributed by atoms with Crippen LogP contribution in [0, 0.1) is 0 Å². The summed E-state index contributed by atoms with van der Waals surface area (Å²) in [6.07, 6.45) is 0. The van der Waals surface area contributed by atoms with E-state index in [-0.39, 0.29) is 29.5 Å². The Morgan fingerprint density at radius 3 is 2.53 bits per heavy atom. The standard InChI is InChI=1S/C15H13N2O.HI/c1-16-8-9-17-14(16)11-6-2-4-10-5-3-7-12(13(10)11)15(17)18;/h2-7H,8-9H2,1H3;1H/q+1;/p-1. The van der Waals surface area contributed by atoms with Crippen molar-refractivity contribution in [3.63, 3.8) is 0 Å². The molecule has 1 aliphatic rings. The van der Waals surface area contributed by atoms with Crippen LogP contribution in [0.2, 0.25) is 0 Å². The Morgan fingerprint density at radius 2 is 1.79 bits per heavy atom. The van der Waals surface area contributed by atoms with Crippen molar-refractivity contribution in [1.29, 1.82) is 0 Å². The molecule has 1 aromatic heterocycles. The minimum Gasteiger partial charge on any atom is -1.00 e. The van der Waals surface area contributed by atoms with E-state index in [1.807, 2.05) is 16.7 Å². The van der Waals surface area contributed by atoms with Gasteiger partial charge in [0, 0.05) is 5.39 Å². The zero-order valence-electron chi connectivity index (χ0n) is 10.6. The van der Waals surface area contributed by atoms with Gasteiger partial charge < -0.3 is 24.0 Å². The van der Waals surface area contributed by atoms with Gasteiger partial charge in [0.2, 0.25) is 0 Å². The molecule has 0 atom stereocenters. The highest BCUT2D eigenvalue weighted by atomic mass is 127. The predicted octanol–water partition coefficient (Wildman–Crippen LogP) is -1.99. The third-order valence-electron chi connectivity index (χ3n) is 3.90. The second-order valence-corrected chi connectivity index (χ2v) is 4.91. The average molecular weight is 364 g/mol. The predicted molar refractivity (Wildman–Crippen MR) is 73.0 cm³/mol. The van der Waals surface area contributed by atoms with Crippen LogP contribution in [0.1, 0.15) is 0 Å². The average Bonchev–Trinajstić information content (AvgIpc) is 2.78. The topological polar surface area (TPSA) is 25.0 Å². The molecule has 3 aromatic rings. The van der Waals surface area contributed by atoms with Crippen LogP contribution in [0.25, 0.3) is 21.5 Å². The Labute approximate surface area is 127 Å². The van der Waals surface area contributed by atoms with E-state index in [0.717, 1.165) is 34.7 Å². The molecule has 0 spiro atoms. The molecule has 0 aliphatic carbocycles. The number of pyridine rings is 1. The summed E-state index contributed by atoms with van der Waals surface area (Å²) in [5.74, 6) is 0. The van der Waals surface area contributed by atoms with Crippen molar-refractivity contribution in [2.45, 2.75) is 6.54 Å². The van der Waals surface area contributed by atoms with E-state index < -0.39 is 0 Å². The molecule has 0 N–H and O–H groups in total. The van der Waals surface area contributed by atoms with Gasteiger partial charge in [-0.1, -0.05) is 24.3 Å². The van der Waals surface area contributed by atoms with Gasteiger partial charge in [-0.15, -0.1) is 0 Å². The van der Waals surface area contributed by atoms with Crippen molar-refractivity contribution >= 4 is 21.5 Å². The fourth-order valence-electron chi connectivity index (χ4n) is 3.07. The quantitative estimate of drug-likeness (QED) is 0.335. The third-order valence-corrected chi connectivity index (χ3v) is 3.90. The molecular formula is C15H13IN2O. The van der Waals surface area contributed by atoms with Crippen LogP contribution >= 0.6 is 0 Å². The molecule has 96 valence electrons. The summed E-state index contributed by atoms with van der Waals surface area (Å²) in [7, 11) is 2.05. The first-order chi connectivity index (χ1) is 8.77. The highest BCUT2D eigenvalue weighted by molar-refractivity contribution is 6.09. The SMILES string of the molecule is C[N+]1=c2c3cccc4cccc(c(=O)n2CC1)c43.[I-]. The first kappa shape index (κ1) is 12.6. The number of aromatic nitrogens is 1. The van der Waals surface area contributed by atoms with Crippen molar-refractivity contribution in [3.05, 3.63) is 52.2 Å². The van der Waals surface area contributed by atoms with Crippen molar-refractivity contribution < 1.29 is 24.0 Å². The number of nitrogens with zero attached hydrogens (tertiary/aromatic N) is 2. The van der Waals surface area contributed by atoms with E-state index in [2.05, 4.69) is 35.9 Å². The molecule has 19 heavy (non-hydrogen) atoms. The minimum absolute atomic E-state index is 0. The Morgan fingerprint density at radius 1 is 1.11 bits per heavy atom. The molecule has 0 radical (unpaired) electrons. The molecule has 0 unspecified atom stereocenters. The molecule has 4 rings (SSSR count). The van der Waals surface area contributed by atoms with Gasteiger partial charge in [-0.3, -0.25) is 4.58 Å². The Bertz CT molecular complexity index is 906. The van der Waals surface area contributed by atoms with Crippen molar-refractivity contribution in [2.75, 3.05) is 13.6 Å². The lowest BCUT2D eigenvalue weighted by Crippen LogP contribution is -3.00. The highest BCUT2D eigenvalue weighted by Crippen LogP contribution is 2.22. The molecule has 0 bridgehead atoms. The maximum Gasteiger partial charge on any atom is 0.342 e. The molecule has 0 amide bonds. The van der Waals surface area contributed by atoms with Gasteiger partial charge in [-0.25, -0.2) is 4.79 Å². The summed E-state index contributed by atoms with van der Waals surface area (Å²) in [5, 5.41) is 4.26. The van der Waals surface area contributed by atoms with E-state index in [1.54, 1.807) is 0 Å². The molecular weight excluding hydrogens is 351 g/mol. The van der Waals surface area contributed by atoms with Crippen LogP contribution in [0.5, 0.6) is 0 Å². The van der Waals surface area contributed by atoms with E-state index in [4.69, 9.17) is 0 Å². The summed E-state index contributed by atoms with van der Waals surface area (Å²) >= 11 is 0. The van der Waals surface area contributed by atoms with Crippen molar-refractivity contribution in [1.82, 2.24) is 9.14 Å². The van der Waals surface area contributed by atoms with Crippen molar-refractivity contribution in [3.8, 4) is 0 Å². The normalized spacial score (nSPS) is 13.8. The maximum absolute atomic E-state index is 12.5. The lowest BCUT2D eigenvalue weighted by atomic mass is 10.0. The molecule has 3 nitrogen and oxygen atoms in total. The fraction of sp³-hybridized carbons (Fsp3) is 0.200. The van der Waals surface area contributed by atoms with Gasteiger partial charge in [0.25, 0.3) is 5.49 Å². The van der Waals surface area contributed by atoms with E-state index >= 15 is 0 Å². The molecule has 1 aliphatic heterocycles. The number of fused-ring (bicyclic) bond motifs is 2. The smallest absolute Gasteiger partial charge is 0.342 e. The maximum atomic E-state index is 12.5. The lowest BCUT2D eigenvalue weighted by Gasteiger charge is -2.03. The van der Waals surface area contributed by atoms with Crippen molar-refractivity contribution in [2.24, 2.45) is 0 Å². The van der Waals surface area contributed by atoms with Crippen LogP contribution in [-0.4, -0.2) is 18.2 Å². The van der Waals surface area contributed by atoms with Gasteiger partial charge in [0.05, 0.1) is 17.8 Å². The Kier molecular flexibility index (Phi) is 2.85. The molecule has 4 heteroatoms. The second kappa shape index (κ2) is 4.30. The summed E-state index contributed by atoms with van der Waals surface area (Å²) in [6.45, 7) is 1.70. The Hall–Kier alpha value is -1.43. The molecule has 2 heterocycles. The number of rotatable bonds is 0. The number of benzene rings is 2. The summed E-state index contributed by atoms with van der Waals surface area (Å²) in [4.78, 5) is 12.5. The molecule has 0 fully saturated rings. The van der Waals surface area contributed by atoms with Crippen LogP contribution in [0.15, 0.2) is 41.2 Å². The van der Waals surface area contributed by atoms with Gasteiger partial charge in [0.15, 0.2) is 0 Å². The first-order valence-electron chi connectivity index (χ1n) is 6.19. The number of hydrogen-bond donors (Lipinski definition) is 0. The van der Waals surface area contributed by atoms with Crippen LogP contribution < -0.4 is 39.6 Å². The monoisotopic (exact) mass is 364 g/mol. The van der Waals surface area contributed by atoms with Gasteiger partial charge in [0.1, 0.15) is 13.1 Å². The number of likely N-dealkylation sites (N-methyl/N-ethyl adjacent to an activating group) is 1. The van der Waals surface area contributed by atoms with Gasteiger partial charge >= 0.3 is 5.56 Å². The minimum atomic E-state index is 0. The van der Waals surface area contributed by atoms with Crippen LogP contribution in [0.4, 0.5) is 0 Å². The fourth-order valence-corrected chi connectivity index (χ4v) is 3.07. The summed E-state index contributed by atoms with van der Waals surface area (Å²) in [5.41, 5.74) is 1.20. The van der Waals surface area contributed by atoms with E-state index in [0.29, 0.717) is 0 Å². The number of halogens is 1. The van der Waals surface area contributed by atoms with Crippen LogP contribution in [-0.2, 0) is 6.54 Å². The van der Waals surface area contributed by atoms with E-state index in [9.17, 15) is 4.79 Å². The molecule has 0 saturated carbocycles. The second-order valence-electron chi connectivity index (χ2n) is 4.91. The van der Waals surface area contributed by atoms with Gasteiger partial charge in [-0.05, 0) is 17.5 Å². The number of hydrogen-bond acceptors (Lipinski definition) is 1. The Balaban J connectivity index is 0.00000110. The molecule has 0 saturated heterocycles. The summed E-state index contributed by atoms with van der Waals surface area (Å²) < 4.78 is 4.07. The van der Waals surface area contributed by atoms with Crippen LogP contribution in [0.3, 0.4) is 0 Å². The lowest BCUT2D eigenvalue weighted by molar-refractivity contribution is -0.00000356. The first-order valence-corrected chi connectivity index (χ1v) is 6.19. The van der Waals surface area contributed by atoms with E-state index in [1.165, 1.54) is 5.39 Å². The molecule has 2 aromatic carbocycles. The van der Waals surface area contributed by atoms with Gasteiger partial charge in [-0.2, -0.15) is 4.57 Å².